The third-order valence-electron chi connectivity index (χ3n) is 4.25. The third kappa shape index (κ3) is 3.70. The van der Waals surface area contributed by atoms with Crippen molar-refractivity contribution in [2.24, 2.45) is 0 Å². The first-order valence-electron chi connectivity index (χ1n) is 8.52. The van der Waals surface area contributed by atoms with Crippen molar-refractivity contribution in [3.63, 3.8) is 0 Å². The van der Waals surface area contributed by atoms with E-state index in [1.807, 2.05) is 35.8 Å². The average molecular weight is 382 g/mol. The number of nitrogens with one attached hydrogen (secondary N) is 2. The fraction of sp³-hybridized carbons (Fsp3) is 0.211. The van der Waals surface area contributed by atoms with Crippen LogP contribution in [0.1, 0.15) is 12.0 Å². The molecule has 0 saturated carbocycles. The van der Waals surface area contributed by atoms with Gasteiger partial charge in [-0.25, -0.2) is 0 Å². The summed E-state index contributed by atoms with van der Waals surface area (Å²) in [5, 5.41) is 9.99. The number of aryl methyl sites for hydroxylation is 1. The van der Waals surface area contributed by atoms with Crippen molar-refractivity contribution in [1.29, 1.82) is 0 Å². The molecule has 1 aromatic heterocycles. The number of ether oxygens (including phenoxy) is 2. The van der Waals surface area contributed by atoms with E-state index in [2.05, 4.69) is 15.5 Å². The second-order valence-electron chi connectivity index (χ2n) is 6.24. The molecular weight excluding hydrogens is 364 g/mol. The second kappa shape index (κ2) is 7.24. The summed E-state index contributed by atoms with van der Waals surface area (Å²) in [5.74, 6) is 1.92. The molecule has 0 bridgehead atoms. The van der Waals surface area contributed by atoms with Crippen LogP contribution in [0.4, 0.5) is 5.69 Å². The van der Waals surface area contributed by atoms with Gasteiger partial charge >= 0.3 is 0 Å². The average Bonchev–Trinajstić information content (AvgIpc) is 3.26. The van der Waals surface area contributed by atoms with Crippen LogP contribution >= 0.6 is 12.2 Å². The highest BCUT2D eigenvalue weighted by atomic mass is 32.1. The van der Waals surface area contributed by atoms with E-state index in [9.17, 15) is 4.79 Å². The molecule has 138 valence electrons. The molecule has 0 aliphatic carbocycles. The number of rotatable bonds is 5. The summed E-state index contributed by atoms with van der Waals surface area (Å²) < 4.78 is 12.9. The van der Waals surface area contributed by atoms with Crippen molar-refractivity contribution >= 4 is 23.8 Å². The highest BCUT2D eigenvalue weighted by molar-refractivity contribution is 7.71. The SMILES string of the molecule is Cc1cccc(-c2n[nH]c(=S)n2CCC(=O)Nc2ccc3c(c2)OCO3)c1. The van der Waals surface area contributed by atoms with Gasteiger partial charge in [0.15, 0.2) is 22.1 Å². The van der Waals surface area contributed by atoms with Gasteiger partial charge in [-0.15, -0.1) is 0 Å². The van der Waals surface area contributed by atoms with Gasteiger partial charge < -0.3 is 14.8 Å². The number of H-pyrrole nitrogens is 1. The summed E-state index contributed by atoms with van der Waals surface area (Å²) in [4.78, 5) is 12.4. The predicted molar refractivity (Wildman–Crippen MR) is 103 cm³/mol. The number of benzene rings is 2. The van der Waals surface area contributed by atoms with E-state index in [1.54, 1.807) is 18.2 Å². The summed E-state index contributed by atoms with van der Waals surface area (Å²) in [5.41, 5.74) is 2.76. The Balaban J connectivity index is 1.45. The zero-order valence-corrected chi connectivity index (χ0v) is 15.5. The quantitative estimate of drug-likeness (QED) is 0.658. The van der Waals surface area contributed by atoms with Gasteiger partial charge in [0.1, 0.15) is 0 Å². The molecule has 0 unspecified atom stereocenters. The largest absolute Gasteiger partial charge is 0.454 e. The molecule has 0 spiro atoms. The minimum absolute atomic E-state index is 0.118. The second-order valence-corrected chi connectivity index (χ2v) is 6.63. The molecule has 2 heterocycles. The van der Waals surface area contributed by atoms with Crippen molar-refractivity contribution in [3.05, 3.63) is 52.8 Å². The van der Waals surface area contributed by atoms with Crippen LogP contribution in [0, 0.1) is 11.7 Å². The molecule has 1 amide bonds. The fourth-order valence-corrected chi connectivity index (χ4v) is 3.16. The van der Waals surface area contributed by atoms with Gasteiger partial charge in [-0.1, -0.05) is 23.8 Å². The topological polar surface area (TPSA) is 81.2 Å². The van der Waals surface area contributed by atoms with Crippen LogP contribution in [0.2, 0.25) is 0 Å². The first-order chi connectivity index (χ1) is 13.1. The van der Waals surface area contributed by atoms with Crippen molar-refractivity contribution in [2.75, 3.05) is 12.1 Å². The predicted octanol–water partition coefficient (Wildman–Crippen LogP) is 3.67. The summed E-state index contributed by atoms with van der Waals surface area (Å²) in [7, 11) is 0. The monoisotopic (exact) mass is 382 g/mol. The highest BCUT2D eigenvalue weighted by Gasteiger charge is 2.15. The van der Waals surface area contributed by atoms with Crippen molar-refractivity contribution < 1.29 is 14.3 Å². The smallest absolute Gasteiger partial charge is 0.231 e. The van der Waals surface area contributed by atoms with E-state index in [1.165, 1.54) is 0 Å². The van der Waals surface area contributed by atoms with Gasteiger partial charge in [-0.2, -0.15) is 5.10 Å². The molecule has 4 rings (SSSR count). The molecular formula is C19H18N4O3S. The number of nitrogens with zero attached hydrogens (tertiary/aromatic N) is 2. The van der Waals surface area contributed by atoms with Gasteiger partial charge in [-0.3, -0.25) is 14.5 Å². The highest BCUT2D eigenvalue weighted by Crippen LogP contribution is 2.34. The van der Waals surface area contributed by atoms with Crippen LogP contribution in [0.5, 0.6) is 11.5 Å². The van der Waals surface area contributed by atoms with Crippen LogP contribution < -0.4 is 14.8 Å². The molecule has 3 aromatic rings. The van der Waals surface area contributed by atoms with Crippen LogP contribution in [0.15, 0.2) is 42.5 Å². The number of aromatic nitrogens is 3. The van der Waals surface area contributed by atoms with E-state index >= 15 is 0 Å². The summed E-state index contributed by atoms with van der Waals surface area (Å²) in [6.45, 7) is 2.65. The number of amides is 1. The van der Waals surface area contributed by atoms with E-state index in [-0.39, 0.29) is 19.1 Å². The van der Waals surface area contributed by atoms with Gasteiger partial charge in [0.25, 0.3) is 0 Å². The third-order valence-corrected chi connectivity index (χ3v) is 4.57. The maximum absolute atomic E-state index is 12.4. The standard InChI is InChI=1S/C19H18N4O3S/c1-12-3-2-4-13(9-12)18-21-22-19(27)23(18)8-7-17(24)20-14-5-6-15-16(10-14)26-11-25-15/h2-6,9-10H,7-8,11H2,1H3,(H,20,24)(H,22,27). The van der Waals surface area contributed by atoms with Crippen molar-refractivity contribution in [3.8, 4) is 22.9 Å². The first kappa shape index (κ1) is 17.3. The Bertz CT molecular complexity index is 1060. The summed E-state index contributed by atoms with van der Waals surface area (Å²) in [6, 6.07) is 13.3. The van der Waals surface area contributed by atoms with Gasteiger partial charge in [-0.05, 0) is 37.3 Å². The van der Waals surface area contributed by atoms with E-state index in [4.69, 9.17) is 21.7 Å². The lowest BCUT2D eigenvalue weighted by Crippen LogP contribution is -2.15. The number of hydrogen-bond acceptors (Lipinski definition) is 5. The normalized spacial score (nSPS) is 12.2. The summed E-state index contributed by atoms with van der Waals surface area (Å²) >= 11 is 5.32. The fourth-order valence-electron chi connectivity index (χ4n) is 2.94. The maximum atomic E-state index is 12.4. The molecule has 0 atom stereocenters. The molecule has 8 heteroatoms. The molecule has 7 nitrogen and oxygen atoms in total. The maximum Gasteiger partial charge on any atom is 0.231 e. The zero-order valence-electron chi connectivity index (χ0n) is 14.7. The Morgan fingerprint density at radius 2 is 2.11 bits per heavy atom. The van der Waals surface area contributed by atoms with E-state index in [0.29, 0.717) is 28.5 Å². The molecule has 1 aliphatic rings. The minimum atomic E-state index is -0.118. The molecule has 1 aliphatic heterocycles. The zero-order chi connectivity index (χ0) is 18.8. The molecule has 2 aromatic carbocycles. The number of carbonyl (C=O) groups excluding carboxylic acids is 1. The Kier molecular flexibility index (Phi) is 4.64. The Morgan fingerprint density at radius 1 is 1.26 bits per heavy atom. The molecule has 2 N–H and O–H groups in total. The van der Waals surface area contributed by atoms with Crippen molar-refractivity contribution in [1.82, 2.24) is 14.8 Å². The van der Waals surface area contributed by atoms with Crippen LogP contribution in [0.3, 0.4) is 0 Å². The summed E-state index contributed by atoms with van der Waals surface area (Å²) in [6.07, 6.45) is 0.265. The Morgan fingerprint density at radius 3 is 2.96 bits per heavy atom. The molecule has 0 saturated heterocycles. The lowest BCUT2D eigenvalue weighted by Gasteiger charge is -2.09. The van der Waals surface area contributed by atoms with Crippen LogP contribution in [0.25, 0.3) is 11.4 Å². The lowest BCUT2D eigenvalue weighted by atomic mass is 10.1. The van der Waals surface area contributed by atoms with Gasteiger partial charge in [0.2, 0.25) is 12.7 Å². The van der Waals surface area contributed by atoms with E-state index < -0.39 is 0 Å². The number of aromatic amines is 1. The van der Waals surface area contributed by atoms with Gasteiger partial charge in [0, 0.05) is 30.3 Å². The number of anilines is 1. The lowest BCUT2D eigenvalue weighted by molar-refractivity contribution is -0.116. The number of fused-ring (bicyclic) bond motifs is 1. The van der Waals surface area contributed by atoms with Crippen molar-refractivity contribution in [2.45, 2.75) is 19.9 Å². The van der Waals surface area contributed by atoms with Gasteiger partial charge in [0.05, 0.1) is 0 Å². The Labute approximate surface area is 160 Å². The molecule has 27 heavy (non-hydrogen) atoms. The molecule has 0 fully saturated rings. The Hall–Kier alpha value is -3.13. The number of hydrogen-bond donors (Lipinski definition) is 2. The van der Waals surface area contributed by atoms with Crippen LogP contribution in [-0.2, 0) is 11.3 Å². The van der Waals surface area contributed by atoms with Crippen LogP contribution in [-0.4, -0.2) is 27.5 Å². The minimum Gasteiger partial charge on any atom is -0.454 e. The van der Waals surface area contributed by atoms with E-state index in [0.717, 1.165) is 17.0 Å². The number of carbonyl (C=O) groups is 1. The molecule has 0 radical (unpaired) electrons. The first-order valence-corrected chi connectivity index (χ1v) is 8.93.